The fraction of sp³-hybridized carbons (Fsp3) is 0.200. The molecular weight excluding hydrogens is 407 g/mol. The molecule has 1 atom stereocenters. The summed E-state index contributed by atoms with van der Waals surface area (Å²) >= 11 is 6.37. The largest absolute Gasteiger partial charge is 0.425 e. The summed E-state index contributed by atoms with van der Waals surface area (Å²) in [6.07, 6.45) is -1.83. The van der Waals surface area contributed by atoms with E-state index >= 15 is 0 Å². The van der Waals surface area contributed by atoms with Gasteiger partial charge in [0.1, 0.15) is 0 Å². The maximum absolute atomic E-state index is 14.0. The molecule has 9 heteroatoms. The normalized spacial score (nSPS) is 17.8. The third-order valence-corrected chi connectivity index (χ3v) is 5.33. The smallest absolute Gasteiger partial charge is 0.372 e. The number of carbonyl (C=O) groups excluding carboxylic acids is 1. The lowest BCUT2D eigenvalue weighted by molar-refractivity contribution is -0.246. The van der Waals surface area contributed by atoms with Crippen molar-refractivity contribution >= 4 is 17.5 Å². The number of hydrogen-bond acceptors (Lipinski definition) is 3. The Morgan fingerprint density at radius 3 is 2.62 bits per heavy atom. The second kappa shape index (κ2) is 6.60. The average Bonchev–Trinajstić information content (AvgIpc) is 3.22. The molecule has 1 aromatic heterocycles. The fourth-order valence-electron chi connectivity index (χ4n) is 3.66. The predicted octanol–water partition coefficient (Wildman–Crippen LogP) is 3.86. The van der Waals surface area contributed by atoms with Crippen LogP contribution in [0.25, 0.3) is 22.3 Å². The molecule has 0 radical (unpaired) electrons. The second-order valence-corrected chi connectivity index (χ2v) is 7.25. The Bertz CT molecular complexity index is 1130. The molecule has 150 valence electrons. The van der Waals surface area contributed by atoms with E-state index in [-0.39, 0.29) is 40.2 Å². The van der Waals surface area contributed by atoms with Gasteiger partial charge in [0.2, 0.25) is 11.5 Å². The number of nitrogens with two attached hydrogens (primary N) is 1. The van der Waals surface area contributed by atoms with Crippen molar-refractivity contribution in [3.05, 3.63) is 64.9 Å². The van der Waals surface area contributed by atoms with Gasteiger partial charge in [-0.2, -0.15) is 18.3 Å². The molecule has 29 heavy (non-hydrogen) atoms. The minimum atomic E-state index is -4.94. The number of nitrogens with zero attached hydrogens (tertiary/aromatic N) is 2. The SMILES string of the molecule is NC(=O)CCn1cc(-c2cc(Cl)c3c(c2)C(O)(C(F)(F)F)c2ccccc2-3)cn1. The number of amides is 1. The van der Waals surface area contributed by atoms with Gasteiger partial charge in [-0.1, -0.05) is 35.9 Å². The van der Waals surface area contributed by atoms with Crippen molar-refractivity contribution in [1.82, 2.24) is 9.78 Å². The molecule has 1 aliphatic carbocycles. The lowest BCUT2D eigenvalue weighted by Gasteiger charge is -2.28. The van der Waals surface area contributed by atoms with Gasteiger partial charge in [0.15, 0.2) is 0 Å². The quantitative estimate of drug-likeness (QED) is 0.671. The van der Waals surface area contributed by atoms with Crippen molar-refractivity contribution in [2.24, 2.45) is 5.73 Å². The predicted molar refractivity (Wildman–Crippen MR) is 101 cm³/mol. The summed E-state index contributed by atoms with van der Waals surface area (Å²) < 4.78 is 43.4. The molecule has 0 saturated heterocycles. The molecule has 0 bridgehead atoms. The minimum Gasteiger partial charge on any atom is -0.372 e. The van der Waals surface area contributed by atoms with Crippen LogP contribution in [-0.2, 0) is 16.9 Å². The average molecular weight is 422 g/mol. The van der Waals surface area contributed by atoms with E-state index in [2.05, 4.69) is 5.10 Å². The van der Waals surface area contributed by atoms with Crippen LogP contribution in [0.4, 0.5) is 13.2 Å². The molecule has 3 N–H and O–H groups in total. The van der Waals surface area contributed by atoms with Crippen molar-refractivity contribution < 1.29 is 23.1 Å². The summed E-state index contributed by atoms with van der Waals surface area (Å²) in [6, 6.07) is 8.61. The van der Waals surface area contributed by atoms with E-state index < -0.39 is 17.7 Å². The van der Waals surface area contributed by atoms with Crippen LogP contribution in [0, 0.1) is 0 Å². The fourth-order valence-corrected chi connectivity index (χ4v) is 3.98. The van der Waals surface area contributed by atoms with E-state index in [1.807, 2.05) is 0 Å². The Labute approximate surface area is 168 Å². The monoisotopic (exact) mass is 421 g/mol. The highest BCUT2D eigenvalue weighted by molar-refractivity contribution is 6.34. The third kappa shape index (κ3) is 2.99. The van der Waals surface area contributed by atoms with E-state index in [9.17, 15) is 23.1 Å². The molecule has 1 heterocycles. The van der Waals surface area contributed by atoms with E-state index in [1.165, 1.54) is 41.2 Å². The van der Waals surface area contributed by atoms with Gasteiger partial charge in [0.05, 0.1) is 6.20 Å². The number of hydrogen-bond donors (Lipinski definition) is 2. The van der Waals surface area contributed by atoms with Crippen LogP contribution >= 0.6 is 11.6 Å². The number of aliphatic hydroxyl groups is 1. The highest BCUT2D eigenvalue weighted by atomic mass is 35.5. The van der Waals surface area contributed by atoms with Gasteiger partial charge in [0.25, 0.3) is 0 Å². The van der Waals surface area contributed by atoms with Gasteiger partial charge in [-0.25, -0.2) is 0 Å². The first-order chi connectivity index (χ1) is 13.6. The first kappa shape index (κ1) is 19.5. The van der Waals surface area contributed by atoms with Crippen LogP contribution in [0.2, 0.25) is 5.02 Å². The number of primary amides is 1. The zero-order valence-electron chi connectivity index (χ0n) is 14.9. The van der Waals surface area contributed by atoms with Crippen LogP contribution in [0.5, 0.6) is 0 Å². The number of carbonyl (C=O) groups is 1. The van der Waals surface area contributed by atoms with E-state index in [4.69, 9.17) is 17.3 Å². The molecule has 0 saturated carbocycles. The Balaban J connectivity index is 1.86. The molecule has 2 aromatic carbocycles. The topological polar surface area (TPSA) is 81.1 Å². The van der Waals surface area contributed by atoms with Gasteiger partial charge in [-0.15, -0.1) is 0 Å². The van der Waals surface area contributed by atoms with Crippen LogP contribution in [0.15, 0.2) is 48.8 Å². The van der Waals surface area contributed by atoms with Crippen LogP contribution < -0.4 is 5.73 Å². The molecule has 0 spiro atoms. The first-order valence-corrected chi connectivity index (χ1v) is 9.05. The lowest BCUT2D eigenvalue weighted by atomic mass is 9.89. The molecule has 3 aromatic rings. The number of alkyl halides is 3. The van der Waals surface area contributed by atoms with Crippen LogP contribution in [0.3, 0.4) is 0 Å². The molecule has 1 amide bonds. The van der Waals surface area contributed by atoms with Crippen molar-refractivity contribution in [2.45, 2.75) is 24.7 Å². The molecule has 5 nitrogen and oxygen atoms in total. The third-order valence-electron chi connectivity index (χ3n) is 5.03. The van der Waals surface area contributed by atoms with Gasteiger partial charge >= 0.3 is 6.18 Å². The summed E-state index contributed by atoms with van der Waals surface area (Å²) in [5.74, 6) is -0.490. The molecule has 4 rings (SSSR count). The van der Waals surface area contributed by atoms with E-state index in [0.29, 0.717) is 11.1 Å². The molecule has 1 unspecified atom stereocenters. The minimum absolute atomic E-state index is 0.0786. The maximum atomic E-state index is 14.0. The van der Waals surface area contributed by atoms with Crippen molar-refractivity contribution in [2.75, 3.05) is 0 Å². The molecule has 1 aliphatic rings. The Morgan fingerprint density at radius 2 is 1.93 bits per heavy atom. The van der Waals surface area contributed by atoms with E-state index in [1.54, 1.807) is 12.3 Å². The van der Waals surface area contributed by atoms with Crippen molar-refractivity contribution in [3.8, 4) is 22.3 Å². The molecular formula is C20H15ClF3N3O2. The van der Waals surface area contributed by atoms with Gasteiger partial charge < -0.3 is 10.8 Å². The standard InChI is InChI=1S/C20H15ClF3N3O2/c21-16-8-11(12-9-26-27(10-12)6-5-17(25)28)7-15-18(16)13-3-1-2-4-14(13)19(15,29)20(22,23)24/h1-4,7-10,29H,5-6H2,(H2,25,28). The summed E-state index contributed by atoms with van der Waals surface area (Å²) in [5.41, 5.74) is 2.66. The summed E-state index contributed by atoms with van der Waals surface area (Å²) in [7, 11) is 0. The number of rotatable bonds is 4. The highest BCUT2D eigenvalue weighted by Crippen LogP contribution is 2.57. The zero-order valence-corrected chi connectivity index (χ0v) is 15.6. The highest BCUT2D eigenvalue weighted by Gasteiger charge is 2.61. The van der Waals surface area contributed by atoms with Crippen molar-refractivity contribution in [3.63, 3.8) is 0 Å². The summed E-state index contributed by atoms with van der Waals surface area (Å²) in [6.45, 7) is 0.242. The zero-order chi connectivity index (χ0) is 21.0. The molecule has 0 aliphatic heterocycles. The number of aromatic nitrogens is 2. The van der Waals surface area contributed by atoms with E-state index in [0.717, 1.165) is 0 Å². The summed E-state index contributed by atoms with van der Waals surface area (Å²) in [5, 5.41) is 15.0. The number of aryl methyl sites for hydroxylation is 1. The van der Waals surface area contributed by atoms with Gasteiger partial charge in [-0.05, 0) is 23.3 Å². The number of fused-ring (bicyclic) bond motifs is 3. The van der Waals surface area contributed by atoms with Gasteiger partial charge in [-0.3, -0.25) is 9.48 Å². The number of benzene rings is 2. The maximum Gasteiger partial charge on any atom is 0.425 e. The van der Waals surface area contributed by atoms with Gasteiger partial charge in [0, 0.05) is 46.4 Å². The Kier molecular flexibility index (Phi) is 4.43. The Hall–Kier alpha value is -2.84. The van der Waals surface area contributed by atoms with Crippen LogP contribution in [0.1, 0.15) is 17.5 Å². The lowest BCUT2D eigenvalue weighted by Crippen LogP contribution is -2.41. The second-order valence-electron chi connectivity index (χ2n) is 6.84. The molecule has 0 fully saturated rings. The summed E-state index contributed by atoms with van der Waals surface area (Å²) in [4.78, 5) is 10.9. The van der Waals surface area contributed by atoms with Crippen LogP contribution in [-0.4, -0.2) is 27.0 Å². The number of halogens is 4. The Morgan fingerprint density at radius 1 is 1.21 bits per heavy atom. The first-order valence-electron chi connectivity index (χ1n) is 8.67. The van der Waals surface area contributed by atoms with Crippen molar-refractivity contribution in [1.29, 1.82) is 0 Å².